The normalized spacial score (nSPS) is 13.2. The molecule has 5 nitrogen and oxygen atoms in total. The average molecular weight is 409 g/mol. The first-order valence-corrected chi connectivity index (χ1v) is 10.2. The number of hydrogen-bond donors (Lipinski definition) is 2. The molecule has 0 saturated heterocycles. The summed E-state index contributed by atoms with van der Waals surface area (Å²) in [7, 11) is 0. The molecule has 0 unspecified atom stereocenters. The third-order valence-corrected chi connectivity index (χ3v) is 5.86. The first-order chi connectivity index (χ1) is 14.0. The summed E-state index contributed by atoms with van der Waals surface area (Å²) in [6.45, 7) is 1.85. The van der Waals surface area contributed by atoms with Crippen molar-refractivity contribution in [2.24, 2.45) is 5.92 Å². The molecule has 0 spiro atoms. The Balaban J connectivity index is 1.40. The number of thiazole rings is 1. The topological polar surface area (TPSA) is 71.1 Å². The van der Waals surface area contributed by atoms with Gasteiger partial charge in [-0.2, -0.15) is 0 Å². The average Bonchev–Trinajstić information content (AvgIpc) is 3.50. The lowest BCUT2D eigenvalue weighted by Crippen LogP contribution is -2.14. The lowest BCUT2D eigenvalue weighted by atomic mass is 10.1. The predicted molar refractivity (Wildman–Crippen MR) is 112 cm³/mol. The van der Waals surface area contributed by atoms with Crippen LogP contribution in [0, 0.1) is 18.7 Å². The van der Waals surface area contributed by atoms with E-state index in [1.165, 1.54) is 17.4 Å². The van der Waals surface area contributed by atoms with Gasteiger partial charge in [0.1, 0.15) is 5.82 Å². The van der Waals surface area contributed by atoms with Gasteiger partial charge in [-0.05, 0) is 55.7 Å². The zero-order valence-corrected chi connectivity index (χ0v) is 16.7. The number of hydrogen-bond acceptors (Lipinski definition) is 4. The Hall–Kier alpha value is -3.06. The Labute approximate surface area is 172 Å². The van der Waals surface area contributed by atoms with Gasteiger partial charge in [0.15, 0.2) is 5.13 Å². The number of halogens is 1. The molecule has 0 radical (unpaired) electrons. The largest absolute Gasteiger partial charge is 0.326 e. The highest BCUT2D eigenvalue weighted by atomic mass is 32.1. The van der Waals surface area contributed by atoms with E-state index in [1.54, 1.807) is 42.5 Å². The molecule has 7 heteroatoms. The van der Waals surface area contributed by atoms with Crippen molar-refractivity contribution in [1.29, 1.82) is 0 Å². The lowest BCUT2D eigenvalue weighted by molar-refractivity contribution is -0.117. The van der Waals surface area contributed by atoms with Gasteiger partial charge >= 0.3 is 0 Å². The van der Waals surface area contributed by atoms with Crippen LogP contribution >= 0.6 is 11.3 Å². The summed E-state index contributed by atoms with van der Waals surface area (Å²) in [5.41, 5.74) is 2.52. The van der Waals surface area contributed by atoms with Gasteiger partial charge in [0.2, 0.25) is 5.91 Å². The van der Waals surface area contributed by atoms with E-state index < -0.39 is 0 Å². The van der Waals surface area contributed by atoms with E-state index in [0.717, 1.165) is 23.4 Å². The number of amides is 2. The van der Waals surface area contributed by atoms with Crippen LogP contribution < -0.4 is 10.6 Å². The van der Waals surface area contributed by atoms with Crippen molar-refractivity contribution >= 4 is 34.0 Å². The molecule has 4 rings (SSSR count). The molecular formula is C22H20FN3O2S. The van der Waals surface area contributed by atoms with Crippen molar-refractivity contribution < 1.29 is 14.0 Å². The SMILES string of the molecule is Cc1nc(NC(=O)c2ccc(NC(=O)C3CC3)cc2)sc1Cc1ccccc1F. The second-order valence-electron chi connectivity index (χ2n) is 7.09. The summed E-state index contributed by atoms with van der Waals surface area (Å²) in [4.78, 5) is 29.6. The second kappa shape index (κ2) is 8.13. The van der Waals surface area contributed by atoms with Gasteiger partial charge < -0.3 is 5.32 Å². The smallest absolute Gasteiger partial charge is 0.257 e. The summed E-state index contributed by atoms with van der Waals surface area (Å²) < 4.78 is 13.9. The van der Waals surface area contributed by atoms with Crippen LogP contribution in [-0.2, 0) is 11.2 Å². The van der Waals surface area contributed by atoms with Crippen LogP contribution in [0.5, 0.6) is 0 Å². The fourth-order valence-electron chi connectivity index (χ4n) is 2.92. The summed E-state index contributed by atoms with van der Waals surface area (Å²) >= 11 is 1.34. The molecule has 148 valence electrons. The highest BCUT2D eigenvalue weighted by molar-refractivity contribution is 7.15. The van der Waals surface area contributed by atoms with Gasteiger partial charge in [0, 0.05) is 28.5 Å². The molecule has 2 N–H and O–H groups in total. The fraction of sp³-hybridized carbons (Fsp3) is 0.227. The van der Waals surface area contributed by atoms with Crippen LogP contribution in [0.1, 0.15) is 39.3 Å². The number of nitrogens with zero attached hydrogens (tertiary/aromatic N) is 1. The molecule has 3 aromatic rings. The number of rotatable bonds is 6. The molecule has 1 fully saturated rings. The van der Waals surface area contributed by atoms with Gasteiger partial charge in [-0.1, -0.05) is 18.2 Å². The number of carbonyl (C=O) groups excluding carboxylic acids is 2. The van der Waals surface area contributed by atoms with Crippen molar-refractivity contribution in [3.8, 4) is 0 Å². The number of anilines is 2. The van der Waals surface area contributed by atoms with Crippen molar-refractivity contribution in [1.82, 2.24) is 4.98 Å². The van der Waals surface area contributed by atoms with Gasteiger partial charge in [0.05, 0.1) is 5.69 Å². The number of benzene rings is 2. The fourth-order valence-corrected chi connectivity index (χ4v) is 3.91. The molecule has 0 atom stereocenters. The Bertz CT molecular complexity index is 1060. The van der Waals surface area contributed by atoms with E-state index in [4.69, 9.17) is 0 Å². The van der Waals surface area contributed by atoms with Crippen molar-refractivity contribution in [3.63, 3.8) is 0 Å². The summed E-state index contributed by atoms with van der Waals surface area (Å²) in [6.07, 6.45) is 2.32. The van der Waals surface area contributed by atoms with E-state index in [0.29, 0.717) is 28.4 Å². The predicted octanol–water partition coefficient (Wildman–Crippen LogP) is 4.78. The van der Waals surface area contributed by atoms with Crippen LogP contribution in [0.25, 0.3) is 0 Å². The molecule has 1 heterocycles. The molecule has 2 aromatic carbocycles. The van der Waals surface area contributed by atoms with Crippen molar-refractivity contribution in [3.05, 3.63) is 76.0 Å². The number of aryl methyl sites for hydroxylation is 1. The van der Waals surface area contributed by atoms with Crippen molar-refractivity contribution in [2.75, 3.05) is 10.6 Å². The van der Waals surface area contributed by atoms with E-state index >= 15 is 0 Å². The van der Waals surface area contributed by atoms with Crippen LogP contribution in [0.4, 0.5) is 15.2 Å². The molecule has 1 saturated carbocycles. The molecule has 29 heavy (non-hydrogen) atoms. The molecule has 0 bridgehead atoms. The highest BCUT2D eigenvalue weighted by Crippen LogP contribution is 2.30. The minimum atomic E-state index is -0.281. The third-order valence-electron chi connectivity index (χ3n) is 4.78. The number of carbonyl (C=O) groups is 2. The van der Waals surface area contributed by atoms with Crippen molar-refractivity contribution in [2.45, 2.75) is 26.2 Å². The molecule has 1 aliphatic rings. The van der Waals surface area contributed by atoms with Gasteiger partial charge in [-0.3, -0.25) is 14.9 Å². The maximum Gasteiger partial charge on any atom is 0.257 e. The van der Waals surface area contributed by atoms with Gasteiger partial charge in [0.25, 0.3) is 5.91 Å². The summed E-state index contributed by atoms with van der Waals surface area (Å²) in [5, 5.41) is 6.12. The highest BCUT2D eigenvalue weighted by Gasteiger charge is 2.29. The van der Waals surface area contributed by atoms with E-state index in [1.807, 2.05) is 6.92 Å². The van der Waals surface area contributed by atoms with E-state index in [2.05, 4.69) is 15.6 Å². The number of aromatic nitrogens is 1. The Kier molecular flexibility index (Phi) is 5.40. The first kappa shape index (κ1) is 19.3. The zero-order chi connectivity index (χ0) is 20.4. The maximum atomic E-state index is 13.9. The molecule has 2 amide bonds. The summed E-state index contributed by atoms with van der Waals surface area (Å²) in [6, 6.07) is 13.4. The van der Waals surface area contributed by atoms with Crippen LogP contribution in [0.2, 0.25) is 0 Å². The molecule has 0 aliphatic heterocycles. The van der Waals surface area contributed by atoms with Crippen LogP contribution in [0.15, 0.2) is 48.5 Å². The standard InChI is InChI=1S/C22H20FN3O2S/c1-13-19(12-16-4-2-3-5-18(16)23)29-22(24-13)26-21(28)15-8-10-17(11-9-15)25-20(27)14-6-7-14/h2-5,8-11,14H,6-7,12H2,1H3,(H,25,27)(H,24,26,28). The number of nitrogens with one attached hydrogen (secondary N) is 2. The first-order valence-electron chi connectivity index (χ1n) is 9.41. The van der Waals surface area contributed by atoms with Crippen LogP contribution in [0.3, 0.4) is 0 Å². The quantitative estimate of drug-likeness (QED) is 0.615. The second-order valence-corrected chi connectivity index (χ2v) is 8.17. The summed E-state index contributed by atoms with van der Waals surface area (Å²) in [5.74, 6) is -0.372. The maximum absolute atomic E-state index is 13.9. The Morgan fingerprint density at radius 1 is 1.10 bits per heavy atom. The van der Waals surface area contributed by atoms with Gasteiger partial charge in [-0.15, -0.1) is 11.3 Å². The van der Waals surface area contributed by atoms with Gasteiger partial charge in [-0.25, -0.2) is 9.37 Å². The Morgan fingerprint density at radius 2 is 1.83 bits per heavy atom. The van der Waals surface area contributed by atoms with E-state index in [9.17, 15) is 14.0 Å². The monoisotopic (exact) mass is 409 g/mol. The lowest BCUT2D eigenvalue weighted by Gasteiger charge is -2.06. The minimum absolute atomic E-state index is 0.0304. The van der Waals surface area contributed by atoms with Crippen LogP contribution in [-0.4, -0.2) is 16.8 Å². The third kappa shape index (κ3) is 4.68. The minimum Gasteiger partial charge on any atom is -0.326 e. The Morgan fingerprint density at radius 3 is 2.52 bits per heavy atom. The van der Waals surface area contributed by atoms with E-state index in [-0.39, 0.29) is 23.5 Å². The zero-order valence-electron chi connectivity index (χ0n) is 15.9. The molecule has 1 aromatic heterocycles. The molecule has 1 aliphatic carbocycles. The molecular weight excluding hydrogens is 389 g/mol.